The first-order valence-corrected chi connectivity index (χ1v) is 11.0. The van der Waals surface area contributed by atoms with Gasteiger partial charge in [-0.25, -0.2) is 0 Å². The molecule has 0 spiro atoms. The molecule has 0 aromatic heterocycles. The summed E-state index contributed by atoms with van der Waals surface area (Å²) in [6.07, 6.45) is 1.98. The Morgan fingerprint density at radius 2 is 1.52 bits per heavy atom. The second-order valence-electron chi connectivity index (χ2n) is 7.34. The van der Waals surface area contributed by atoms with Crippen molar-refractivity contribution in [3.63, 3.8) is 0 Å². The van der Waals surface area contributed by atoms with E-state index < -0.39 is 8.32 Å². The summed E-state index contributed by atoms with van der Waals surface area (Å²) in [4.78, 5) is 0. The number of nitrogens with one attached hydrogen (secondary N) is 1. The van der Waals surface area contributed by atoms with Crippen molar-refractivity contribution in [2.75, 3.05) is 6.61 Å². The zero-order valence-corrected chi connectivity index (χ0v) is 16.8. The van der Waals surface area contributed by atoms with Gasteiger partial charge in [0.15, 0.2) is 8.32 Å². The summed E-state index contributed by atoms with van der Waals surface area (Å²) in [5, 5.41) is 3.55. The predicted octanol–water partition coefficient (Wildman–Crippen LogP) is 5.52. The van der Waals surface area contributed by atoms with Crippen LogP contribution in [0.3, 0.4) is 0 Å². The Balaban J connectivity index is 2.68. The van der Waals surface area contributed by atoms with Crippen LogP contribution in [0.25, 0.3) is 0 Å². The number of benzene rings is 1. The minimum atomic E-state index is -1.80. The van der Waals surface area contributed by atoms with Gasteiger partial charge in [-0.15, -0.1) is 6.58 Å². The second-order valence-corrected chi connectivity index (χ2v) is 12.8. The molecule has 0 aliphatic rings. The van der Waals surface area contributed by atoms with Gasteiger partial charge in [0.25, 0.3) is 0 Å². The topological polar surface area (TPSA) is 21.3 Å². The van der Waals surface area contributed by atoms with Crippen LogP contribution in [0.4, 0.5) is 0 Å². The highest BCUT2D eigenvalue weighted by molar-refractivity contribution is 6.77. The van der Waals surface area contributed by atoms with Crippen molar-refractivity contribution in [3.8, 4) is 0 Å². The van der Waals surface area contributed by atoms with Crippen LogP contribution in [-0.2, 0) is 11.0 Å². The molecule has 0 amide bonds. The maximum absolute atomic E-state index is 6.66. The van der Waals surface area contributed by atoms with Gasteiger partial charge in [0.2, 0.25) is 0 Å². The first kappa shape index (κ1) is 20.1. The van der Waals surface area contributed by atoms with Crippen LogP contribution in [0.2, 0.25) is 16.6 Å². The van der Waals surface area contributed by atoms with Crippen molar-refractivity contribution in [1.29, 1.82) is 0 Å². The Morgan fingerprint density at radius 1 is 1.00 bits per heavy atom. The Labute approximate surface area is 144 Å². The first-order valence-electron chi connectivity index (χ1n) is 8.88. The molecular weight excluding hydrogens is 298 g/mol. The fourth-order valence-electron chi connectivity index (χ4n) is 3.79. The van der Waals surface area contributed by atoms with Crippen LogP contribution in [0.15, 0.2) is 43.0 Å². The third kappa shape index (κ3) is 5.30. The minimum absolute atomic E-state index is 0.193. The molecule has 1 aromatic rings. The monoisotopic (exact) mass is 333 g/mol. The Hall–Kier alpha value is -0.903. The largest absolute Gasteiger partial charge is 0.414 e. The normalized spacial score (nSPS) is 13.8. The molecule has 0 fully saturated rings. The van der Waals surface area contributed by atoms with Crippen LogP contribution in [0.1, 0.15) is 47.1 Å². The Kier molecular flexibility index (Phi) is 8.24. The molecule has 1 aromatic carbocycles. The third-order valence-corrected chi connectivity index (χ3v) is 11.0. The fraction of sp³-hybridized carbons (Fsp3) is 0.600. The summed E-state index contributed by atoms with van der Waals surface area (Å²) < 4.78 is 6.66. The van der Waals surface area contributed by atoms with Gasteiger partial charge >= 0.3 is 0 Å². The van der Waals surface area contributed by atoms with Crippen LogP contribution in [0, 0.1) is 0 Å². The zero-order valence-electron chi connectivity index (χ0n) is 15.8. The molecule has 0 aliphatic heterocycles. The molecular formula is C20H35NOSi. The molecule has 0 unspecified atom stereocenters. The molecule has 23 heavy (non-hydrogen) atoms. The molecule has 1 N–H and O–H groups in total. The summed E-state index contributed by atoms with van der Waals surface area (Å²) >= 11 is 0. The van der Waals surface area contributed by atoms with E-state index in [-0.39, 0.29) is 6.04 Å². The highest BCUT2D eigenvalue weighted by Crippen LogP contribution is 2.42. The average molecular weight is 334 g/mol. The van der Waals surface area contributed by atoms with Crippen molar-refractivity contribution < 1.29 is 4.43 Å². The molecule has 0 aliphatic carbocycles. The SMILES string of the molecule is C=C[C@@H](CO[Si](C(C)C)(C(C)C)C(C)C)NCc1ccccc1. The molecule has 0 radical (unpaired) electrons. The van der Waals surface area contributed by atoms with Gasteiger partial charge in [-0.1, -0.05) is 78.0 Å². The van der Waals surface area contributed by atoms with Crippen LogP contribution in [-0.4, -0.2) is 21.0 Å². The Morgan fingerprint density at radius 3 is 1.96 bits per heavy atom. The molecule has 1 atom stereocenters. The van der Waals surface area contributed by atoms with Crippen LogP contribution >= 0.6 is 0 Å². The Bertz CT molecular complexity index is 434. The molecule has 0 saturated heterocycles. The predicted molar refractivity (Wildman–Crippen MR) is 104 cm³/mol. The molecule has 0 saturated carbocycles. The van der Waals surface area contributed by atoms with Gasteiger partial charge < -0.3 is 9.74 Å². The number of rotatable bonds is 10. The molecule has 0 bridgehead atoms. The number of hydrogen-bond acceptors (Lipinski definition) is 2. The van der Waals surface area contributed by atoms with Crippen molar-refractivity contribution in [2.45, 2.75) is 70.8 Å². The van der Waals surface area contributed by atoms with Crippen molar-refractivity contribution in [1.82, 2.24) is 5.32 Å². The smallest absolute Gasteiger partial charge is 0.200 e. The van der Waals surface area contributed by atoms with Gasteiger partial charge in [0.1, 0.15) is 0 Å². The third-order valence-electron chi connectivity index (χ3n) is 4.92. The van der Waals surface area contributed by atoms with Crippen LogP contribution < -0.4 is 5.32 Å². The minimum Gasteiger partial charge on any atom is -0.414 e. The summed E-state index contributed by atoms with van der Waals surface area (Å²) in [6.45, 7) is 19.5. The van der Waals surface area contributed by atoms with Gasteiger partial charge in [0, 0.05) is 12.6 Å². The van der Waals surface area contributed by atoms with E-state index in [1.165, 1.54) is 5.56 Å². The van der Waals surface area contributed by atoms with E-state index >= 15 is 0 Å². The van der Waals surface area contributed by atoms with Crippen molar-refractivity contribution in [2.24, 2.45) is 0 Å². The van der Waals surface area contributed by atoms with E-state index in [4.69, 9.17) is 4.43 Å². The van der Waals surface area contributed by atoms with E-state index in [2.05, 4.69) is 77.7 Å². The van der Waals surface area contributed by atoms with Gasteiger partial charge in [-0.05, 0) is 22.2 Å². The van der Waals surface area contributed by atoms with Gasteiger partial charge in [-0.2, -0.15) is 0 Å². The fourth-order valence-corrected chi connectivity index (χ4v) is 9.26. The van der Waals surface area contributed by atoms with E-state index in [0.717, 1.165) is 13.2 Å². The standard InChI is InChI=1S/C20H35NOSi/c1-8-20(21-14-19-12-10-9-11-13-19)15-22-23(16(2)3,17(4)5)18(6)7/h8-13,16-18,20-21H,1,14-15H2,2-7H3/t20-/m0/s1. The molecule has 1 rings (SSSR count). The van der Waals surface area contributed by atoms with Gasteiger partial charge in [-0.3, -0.25) is 0 Å². The van der Waals surface area contributed by atoms with Crippen LogP contribution in [0.5, 0.6) is 0 Å². The maximum atomic E-state index is 6.66. The molecule has 0 heterocycles. The second kappa shape index (κ2) is 9.41. The van der Waals surface area contributed by atoms with E-state index in [1.54, 1.807) is 0 Å². The average Bonchev–Trinajstić information content (AvgIpc) is 2.50. The van der Waals surface area contributed by atoms with E-state index in [1.807, 2.05) is 12.1 Å². The van der Waals surface area contributed by atoms with E-state index in [9.17, 15) is 0 Å². The van der Waals surface area contributed by atoms with Crippen molar-refractivity contribution >= 4 is 8.32 Å². The summed E-state index contributed by atoms with van der Waals surface area (Å²) in [5.74, 6) is 0. The van der Waals surface area contributed by atoms with Gasteiger partial charge in [0.05, 0.1) is 6.61 Å². The highest BCUT2D eigenvalue weighted by Gasteiger charge is 2.45. The zero-order chi connectivity index (χ0) is 17.5. The lowest BCUT2D eigenvalue weighted by Crippen LogP contribution is -2.50. The number of hydrogen-bond donors (Lipinski definition) is 1. The maximum Gasteiger partial charge on any atom is 0.200 e. The molecule has 2 nitrogen and oxygen atoms in total. The lowest BCUT2D eigenvalue weighted by Gasteiger charge is -2.42. The highest BCUT2D eigenvalue weighted by atomic mass is 28.4. The lowest BCUT2D eigenvalue weighted by atomic mass is 10.2. The quantitative estimate of drug-likeness (QED) is 0.449. The summed E-state index contributed by atoms with van der Waals surface area (Å²) in [7, 11) is -1.80. The molecule has 130 valence electrons. The van der Waals surface area contributed by atoms with E-state index in [0.29, 0.717) is 16.6 Å². The lowest BCUT2D eigenvalue weighted by molar-refractivity contribution is 0.252. The summed E-state index contributed by atoms with van der Waals surface area (Å²) in [5.41, 5.74) is 3.13. The van der Waals surface area contributed by atoms with Crippen molar-refractivity contribution in [3.05, 3.63) is 48.6 Å². The molecule has 3 heteroatoms. The first-order chi connectivity index (χ1) is 10.8. The summed E-state index contributed by atoms with van der Waals surface area (Å²) in [6, 6.07) is 10.7.